The molecule has 2 rings (SSSR count). The number of hydrogen-bond acceptors (Lipinski definition) is 4. The van der Waals surface area contributed by atoms with E-state index in [0.717, 1.165) is 0 Å². The molecule has 0 fully saturated rings. The normalized spacial score (nSPS) is 13.7. The van der Waals surface area contributed by atoms with Crippen molar-refractivity contribution in [2.75, 3.05) is 23.9 Å². The number of rotatable bonds is 10. The summed E-state index contributed by atoms with van der Waals surface area (Å²) in [5.41, 5.74) is 0. The summed E-state index contributed by atoms with van der Waals surface area (Å²) in [7, 11) is -4.02. The van der Waals surface area contributed by atoms with Gasteiger partial charge in [0.15, 0.2) is 11.5 Å². The van der Waals surface area contributed by atoms with Crippen LogP contribution in [0.1, 0.15) is 0 Å². The van der Waals surface area contributed by atoms with Gasteiger partial charge < -0.3 is 9.47 Å². The Morgan fingerprint density at radius 2 is 1.00 bits per heavy atom. The predicted octanol–water partition coefficient (Wildman–Crippen LogP) is 8.21. The summed E-state index contributed by atoms with van der Waals surface area (Å²) in [5.74, 6) is 0.396. The zero-order chi connectivity index (χ0) is 23.3. The first-order valence-electron chi connectivity index (χ1n) is 8.40. The van der Waals surface area contributed by atoms with Crippen molar-refractivity contribution in [1.82, 2.24) is 0 Å². The highest BCUT2D eigenvalue weighted by atomic mass is 79.9. The molecule has 0 saturated carbocycles. The zero-order valence-electron chi connectivity index (χ0n) is 15.4. The average molecular weight is 788 g/mol. The fraction of sp³-hybridized carbons (Fsp3) is 0.333. The van der Waals surface area contributed by atoms with Crippen molar-refractivity contribution in [3.05, 3.63) is 44.4 Å². The van der Waals surface area contributed by atoms with Gasteiger partial charge in [-0.1, -0.05) is 110 Å². The van der Waals surface area contributed by atoms with Crippen LogP contribution in [-0.2, 0) is 9.84 Å². The molecule has 0 N–H and O–H groups in total. The number of halogens is 8. The van der Waals surface area contributed by atoms with Crippen LogP contribution >= 0.6 is 110 Å². The summed E-state index contributed by atoms with van der Waals surface area (Å²) >= 11 is 38.4. The van der Waals surface area contributed by atoms with Crippen LogP contribution < -0.4 is 9.47 Å². The quantitative estimate of drug-likeness (QED) is 0.228. The van der Waals surface area contributed by atoms with Gasteiger partial charge in [0.05, 0.1) is 39.5 Å². The van der Waals surface area contributed by atoms with Gasteiger partial charge in [-0.3, -0.25) is 0 Å². The fourth-order valence-electron chi connectivity index (χ4n) is 2.23. The standard InChI is InChI=1S/C18H14Br4Cl4O4S/c19-5-9(21)7-29-17-13(23)1-11(2-14(17)24)31(27,28)12-3-15(25)18(16(26)4-12)30-8-10(22)6-20/h1-4,9-10H,5-8H2. The minimum absolute atomic E-state index is 0.0300. The molecule has 0 saturated heterocycles. The van der Waals surface area contributed by atoms with Crippen LogP contribution in [0.3, 0.4) is 0 Å². The van der Waals surface area contributed by atoms with Crippen molar-refractivity contribution >= 4 is 120 Å². The molecular weight excluding hydrogens is 774 g/mol. The lowest BCUT2D eigenvalue weighted by Crippen LogP contribution is -2.13. The molecule has 172 valence electrons. The van der Waals surface area contributed by atoms with E-state index in [0.29, 0.717) is 10.7 Å². The Bertz CT molecular complexity index is 918. The zero-order valence-corrected chi connectivity index (χ0v) is 25.5. The monoisotopic (exact) mass is 782 g/mol. The molecule has 0 aromatic heterocycles. The highest BCUT2D eigenvalue weighted by Gasteiger charge is 2.24. The maximum absolute atomic E-state index is 13.1. The third-order valence-corrected chi connectivity index (χ3v) is 11.0. The number of alkyl halides is 4. The van der Waals surface area contributed by atoms with Gasteiger partial charge in [0.25, 0.3) is 0 Å². The average Bonchev–Trinajstić information content (AvgIpc) is 2.71. The predicted molar refractivity (Wildman–Crippen MR) is 142 cm³/mol. The Labute approximate surface area is 234 Å². The van der Waals surface area contributed by atoms with E-state index < -0.39 is 9.84 Å². The Morgan fingerprint density at radius 3 is 1.26 bits per heavy atom. The highest BCUT2D eigenvalue weighted by Crippen LogP contribution is 2.40. The Balaban J connectivity index is 2.37. The lowest BCUT2D eigenvalue weighted by molar-refractivity contribution is 0.325. The van der Waals surface area contributed by atoms with Crippen molar-refractivity contribution in [3.63, 3.8) is 0 Å². The van der Waals surface area contributed by atoms with E-state index in [2.05, 4.69) is 63.7 Å². The third kappa shape index (κ3) is 7.52. The lowest BCUT2D eigenvalue weighted by atomic mass is 10.3. The lowest BCUT2D eigenvalue weighted by Gasteiger charge is -2.15. The van der Waals surface area contributed by atoms with Crippen LogP contribution in [0, 0.1) is 0 Å². The second-order valence-electron chi connectivity index (χ2n) is 6.06. The first-order chi connectivity index (χ1) is 14.5. The number of sulfone groups is 1. The van der Waals surface area contributed by atoms with Gasteiger partial charge >= 0.3 is 0 Å². The second kappa shape index (κ2) is 12.7. The maximum atomic E-state index is 13.1. The van der Waals surface area contributed by atoms with Crippen molar-refractivity contribution < 1.29 is 17.9 Å². The molecule has 0 aliphatic rings. The molecule has 2 unspecified atom stereocenters. The van der Waals surface area contributed by atoms with E-state index in [1.54, 1.807) is 0 Å². The van der Waals surface area contributed by atoms with Crippen LogP contribution in [0.25, 0.3) is 0 Å². The molecule has 31 heavy (non-hydrogen) atoms. The summed E-state index contributed by atoms with van der Waals surface area (Å²) in [5, 5.41) is 1.57. The maximum Gasteiger partial charge on any atom is 0.206 e. The van der Waals surface area contributed by atoms with Gasteiger partial charge in [-0.15, -0.1) is 0 Å². The van der Waals surface area contributed by atoms with E-state index in [-0.39, 0.29) is 64.2 Å². The van der Waals surface area contributed by atoms with Crippen molar-refractivity contribution in [2.24, 2.45) is 0 Å². The smallest absolute Gasteiger partial charge is 0.206 e. The van der Waals surface area contributed by atoms with Crippen molar-refractivity contribution in [2.45, 2.75) is 19.4 Å². The first kappa shape index (κ1) is 28.3. The van der Waals surface area contributed by atoms with Gasteiger partial charge in [-0.2, -0.15) is 0 Å². The molecule has 2 atom stereocenters. The van der Waals surface area contributed by atoms with Crippen molar-refractivity contribution in [1.29, 1.82) is 0 Å². The molecule has 4 nitrogen and oxygen atoms in total. The van der Waals surface area contributed by atoms with E-state index >= 15 is 0 Å². The minimum Gasteiger partial charge on any atom is -0.489 e. The summed E-state index contributed by atoms with van der Waals surface area (Å²) in [6.07, 6.45) is 0. The topological polar surface area (TPSA) is 52.6 Å². The SMILES string of the molecule is O=S(=O)(c1cc(Cl)c(OCC(Br)CBr)c(Cl)c1)c1cc(Cl)c(OCC(Br)CBr)c(Cl)c1. The molecule has 2 aromatic carbocycles. The number of hydrogen-bond donors (Lipinski definition) is 0. The molecule has 0 radical (unpaired) electrons. The number of ether oxygens (including phenoxy) is 2. The summed E-state index contributed by atoms with van der Waals surface area (Å²) in [6.45, 7) is 0.571. The molecule has 0 aliphatic heterocycles. The fourth-order valence-corrected chi connectivity index (χ4v) is 5.69. The van der Waals surface area contributed by atoms with E-state index in [1.165, 1.54) is 24.3 Å². The highest BCUT2D eigenvalue weighted by molar-refractivity contribution is 9.12. The van der Waals surface area contributed by atoms with Gasteiger partial charge in [0, 0.05) is 10.7 Å². The summed E-state index contributed by atoms with van der Waals surface area (Å²) < 4.78 is 37.5. The van der Waals surface area contributed by atoms with Crippen molar-refractivity contribution in [3.8, 4) is 11.5 Å². The molecule has 0 spiro atoms. The molecule has 2 aromatic rings. The minimum atomic E-state index is -4.02. The van der Waals surface area contributed by atoms with E-state index in [4.69, 9.17) is 55.9 Å². The molecule has 13 heteroatoms. The van der Waals surface area contributed by atoms with E-state index in [9.17, 15) is 8.42 Å². The van der Waals surface area contributed by atoms with Crippen LogP contribution in [0.4, 0.5) is 0 Å². The van der Waals surface area contributed by atoms with Gasteiger partial charge in [0.1, 0.15) is 13.2 Å². The Kier molecular flexibility index (Phi) is 11.6. The van der Waals surface area contributed by atoms with Crippen LogP contribution in [0.2, 0.25) is 20.1 Å². The van der Waals surface area contributed by atoms with Crippen LogP contribution in [0.15, 0.2) is 34.1 Å². The first-order valence-corrected chi connectivity index (χ1v) is 15.5. The molecular formula is C18H14Br4Cl4O4S. The van der Waals surface area contributed by atoms with Crippen LogP contribution in [-0.4, -0.2) is 41.9 Å². The third-order valence-electron chi connectivity index (χ3n) is 3.72. The second-order valence-corrected chi connectivity index (χ2v) is 13.5. The van der Waals surface area contributed by atoms with Crippen LogP contribution in [0.5, 0.6) is 11.5 Å². The van der Waals surface area contributed by atoms with E-state index in [1.807, 2.05) is 0 Å². The largest absolute Gasteiger partial charge is 0.489 e. The van der Waals surface area contributed by atoms with Gasteiger partial charge in [0.2, 0.25) is 9.84 Å². The molecule has 0 amide bonds. The molecule has 0 bridgehead atoms. The number of benzene rings is 2. The molecule has 0 heterocycles. The Hall–Kier alpha value is 1.07. The Morgan fingerprint density at radius 1 is 0.710 bits per heavy atom. The van der Waals surface area contributed by atoms with Gasteiger partial charge in [-0.25, -0.2) is 8.42 Å². The summed E-state index contributed by atoms with van der Waals surface area (Å²) in [4.78, 5) is -0.178. The molecule has 0 aliphatic carbocycles. The summed E-state index contributed by atoms with van der Waals surface area (Å²) in [6, 6.07) is 5.08. The van der Waals surface area contributed by atoms with Gasteiger partial charge in [-0.05, 0) is 24.3 Å².